The first kappa shape index (κ1) is 28.9. The quantitative estimate of drug-likeness (QED) is 0.276. The third-order valence-corrected chi connectivity index (χ3v) is 7.76. The maximum absolute atomic E-state index is 11.6. The fourth-order valence-corrected chi connectivity index (χ4v) is 5.60. The van der Waals surface area contributed by atoms with Gasteiger partial charge in [-0.2, -0.15) is 5.06 Å². The SMILES string of the molecule is CC1(CCC[C@H]2[C@H](OCc3ccccc3)[C@H](OCc3ccccc3)[C@H](COCc3ccccc3)N2O)OCCO1. The summed E-state index contributed by atoms with van der Waals surface area (Å²) in [5.41, 5.74) is 3.24. The topological polar surface area (TPSA) is 69.6 Å². The lowest BCUT2D eigenvalue weighted by Gasteiger charge is -2.27. The van der Waals surface area contributed by atoms with E-state index >= 15 is 0 Å². The Morgan fingerprint density at radius 1 is 0.725 bits per heavy atom. The Bertz CT molecular complexity index is 1130. The molecule has 7 heteroatoms. The molecule has 40 heavy (non-hydrogen) atoms. The number of ether oxygens (including phenoxy) is 5. The molecule has 0 unspecified atom stereocenters. The molecule has 3 aromatic rings. The fraction of sp³-hybridized carbons (Fsp3) is 0.455. The number of hydrogen-bond acceptors (Lipinski definition) is 7. The predicted molar refractivity (Wildman–Crippen MR) is 151 cm³/mol. The second kappa shape index (κ2) is 14.3. The van der Waals surface area contributed by atoms with Crippen molar-refractivity contribution in [3.63, 3.8) is 0 Å². The maximum Gasteiger partial charge on any atom is 0.165 e. The highest BCUT2D eigenvalue weighted by molar-refractivity contribution is 5.16. The Morgan fingerprint density at radius 2 is 1.20 bits per heavy atom. The van der Waals surface area contributed by atoms with Gasteiger partial charge in [-0.15, -0.1) is 0 Å². The van der Waals surface area contributed by atoms with Crippen molar-refractivity contribution in [3.05, 3.63) is 108 Å². The second-order valence-corrected chi connectivity index (χ2v) is 10.8. The zero-order chi connectivity index (χ0) is 27.6. The van der Waals surface area contributed by atoms with Gasteiger partial charge < -0.3 is 28.9 Å². The minimum Gasteiger partial charge on any atom is -0.375 e. The molecular weight excluding hydrogens is 506 g/mol. The van der Waals surface area contributed by atoms with Crippen LogP contribution >= 0.6 is 0 Å². The van der Waals surface area contributed by atoms with Gasteiger partial charge in [-0.1, -0.05) is 91.0 Å². The van der Waals surface area contributed by atoms with Crippen LogP contribution in [0, 0.1) is 0 Å². The van der Waals surface area contributed by atoms with Crippen LogP contribution in [0.25, 0.3) is 0 Å². The molecule has 4 atom stereocenters. The summed E-state index contributed by atoms with van der Waals surface area (Å²) >= 11 is 0. The highest BCUT2D eigenvalue weighted by Crippen LogP contribution is 2.34. The minimum absolute atomic E-state index is 0.264. The molecule has 5 rings (SSSR count). The third-order valence-electron chi connectivity index (χ3n) is 7.76. The van der Waals surface area contributed by atoms with E-state index in [9.17, 15) is 5.21 Å². The van der Waals surface area contributed by atoms with E-state index < -0.39 is 5.79 Å². The van der Waals surface area contributed by atoms with E-state index in [1.165, 1.54) is 5.06 Å². The van der Waals surface area contributed by atoms with Gasteiger partial charge in [-0.3, -0.25) is 0 Å². The molecule has 0 radical (unpaired) electrons. The van der Waals surface area contributed by atoms with Crippen LogP contribution in [0.4, 0.5) is 0 Å². The molecule has 0 spiro atoms. The van der Waals surface area contributed by atoms with Gasteiger partial charge in [0.05, 0.1) is 51.7 Å². The van der Waals surface area contributed by atoms with Crippen molar-refractivity contribution in [1.29, 1.82) is 0 Å². The molecule has 214 valence electrons. The Balaban J connectivity index is 1.32. The molecular formula is C33H41NO6. The lowest BCUT2D eigenvalue weighted by molar-refractivity contribution is -0.171. The van der Waals surface area contributed by atoms with Gasteiger partial charge in [-0.25, -0.2) is 0 Å². The van der Waals surface area contributed by atoms with Crippen LogP contribution in [-0.2, 0) is 43.5 Å². The smallest absolute Gasteiger partial charge is 0.165 e. The van der Waals surface area contributed by atoms with Crippen LogP contribution in [0.1, 0.15) is 42.9 Å². The summed E-state index contributed by atoms with van der Waals surface area (Å²) < 4.78 is 30.9. The zero-order valence-electron chi connectivity index (χ0n) is 23.3. The Hall–Kier alpha value is -2.62. The summed E-state index contributed by atoms with van der Waals surface area (Å²) in [6, 6.07) is 29.6. The maximum atomic E-state index is 11.6. The molecule has 0 amide bonds. The monoisotopic (exact) mass is 547 g/mol. The molecule has 1 N–H and O–H groups in total. The zero-order valence-corrected chi connectivity index (χ0v) is 23.3. The summed E-state index contributed by atoms with van der Waals surface area (Å²) in [6.45, 7) is 4.85. The van der Waals surface area contributed by atoms with E-state index in [4.69, 9.17) is 23.7 Å². The van der Waals surface area contributed by atoms with Crippen molar-refractivity contribution in [2.24, 2.45) is 0 Å². The number of rotatable bonds is 14. The van der Waals surface area contributed by atoms with E-state index in [0.29, 0.717) is 46.1 Å². The van der Waals surface area contributed by atoms with Crippen LogP contribution < -0.4 is 0 Å². The van der Waals surface area contributed by atoms with Crippen LogP contribution in [0.2, 0.25) is 0 Å². The number of hydroxylamine groups is 2. The summed E-state index contributed by atoms with van der Waals surface area (Å²) in [5.74, 6) is -0.569. The van der Waals surface area contributed by atoms with Gasteiger partial charge in [0.1, 0.15) is 12.2 Å². The van der Waals surface area contributed by atoms with Gasteiger partial charge in [-0.05, 0) is 36.5 Å². The average Bonchev–Trinajstić information content (AvgIpc) is 3.53. The van der Waals surface area contributed by atoms with Gasteiger partial charge in [0.25, 0.3) is 0 Å². The Kier molecular flexibility index (Phi) is 10.3. The number of nitrogens with zero attached hydrogens (tertiary/aromatic N) is 1. The largest absolute Gasteiger partial charge is 0.375 e. The summed E-state index contributed by atoms with van der Waals surface area (Å²) in [5, 5.41) is 13.0. The van der Waals surface area contributed by atoms with Gasteiger partial charge in [0, 0.05) is 6.42 Å². The lowest BCUT2D eigenvalue weighted by Crippen LogP contribution is -2.41. The standard InChI is InChI=1S/C33H41NO6/c1-33(39-20-21-40-33)19-11-18-29-31(37-23-27-14-7-3-8-15-27)32(38-24-28-16-9-4-10-17-28)30(34(29)35)25-36-22-26-12-5-2-6-13-26/h2-10,12-17,29-32,35H,11,18-25H2,1H3/t29-,30-,31-,32+/m0/s1. The normalized spacial score (nSPS) is 24.4. The molecule has 2 heterocycles. The summed E-state index contributed by atoms with van der Waals surface area (Å²) in [7, 11) is 0. The molecule has 2 fully saturated rings. The number of hydrogen-bond donors (Lipinski definition) is 1. The Labute approximate surface area is 237 Å². The molecule has 2 aliphatic heterocycles. The van der Waals surface area contributed by atoms with E-state index in [1.807, 2.05) is 85.8 Å². The molecule has 7 nitrogen and oxygen atoms in total. The van der Waals surface area contributed by atoms with Crippen molar-refractivity contribution in [3.8, 4) is 0 Å². The first-order valence-electron chi connectivity index (χ1n) is 14.3. The molecule has 2 saturated heterocycles. The first-order valence-corrected chi connectivity index (χ1v) is 14.3. The highest BCUT2D eigenvalue weighted by Gasteiger charge is 2.50. The summed E-state index contributed by atoms with van der Waals surface area (Å²) in [6.07, 6.45) is 1.53. The van der Waals surface area contributed by atoms with Gasteiger partial charge >= 0.3 is 0 Å². The molecule has 0 aromatic heterocycles. The Morgan fingerprint density at radius 3 is 1.73 bits per heavy atom. The van der Waals surface area contributed by atoms with E-state index in [1.54, 1.807) is 0 Å². The van der Waals surface area contributed by atoms with Crippen LogP contribution in [0.15, 0.2) is 91.0 Å². The third kappa shape index (κ3) is 7.77. The first-order chi connectivity index (χ1) is 19.6. The van der Waals surface area contributed by atoms with Crippen molar-refractivity contribution < 1.29 is 28.9 Å². The number of benzene rings is 3. The molecule has 2 aliphatic rings. The van der Waals surface area contributed by atoms with E-state index in [2.05, 4.69) is 12.1 Å². The highest BCUT2D eigenvalue weighted by atomic mass is 16.7. The molecule has 3 aromatic carbocycles. The second-order valence-electron chi connectivity index (χ2n) is 10.8. The van der Waals surface area contributed by atoms with E-state index in [0.717, 1.165) is 29.5 Å². The van der Waals surface area contributed by atoms with Crippen LogP contribution in [-0.4, -0.2) is 60.2 Å². The van der Waals surface area contributed by atoms with Crippen LogP contribution in [0.3, 0.4) is 0 Å². The fourth-order valence-electron chi connectivity index (χ4n) is 5.60. The van der Waals surface area contributed by atoms with Crippen molar-refractivity contribution in [1.82, 2.24) is 5.06 Å². The van der Waals surface area contributed by atoms with Crippen molar-refractivity contribution >= 4 is 0 Å². The molecule has 0 saturated carbocycles. The molecule has 0 aliphatic carbocycles. The van der Waals surface area contributed by atoms with Gasteiger partial charge in [0.15, 0.2) is 5.79 Å². The predicted octanol–water partition coefficient (Wildman–Crippen LogP) is 5.75. The van der Waals surface area contributed by atoms with Crippen molar-refractivity contribution in [2.75, 3.05) is 19.8 Å². The summed E-state index contributed by atoms with van der Waals surface area (Å²) in [4.78, 5) is 0. The van der Waals surface area contributed by atoms with Gasteiger partial charge in [0.2, 0.25) is 0 Å². The van der Waals surface area contributed by atoms with E-state index in [-0.39, 0.29) is 24.3 Å². The average molecular weight is 548 g/mol. The molecule has 0 bridgehead atoms. The van der Waals surface area contributed by atoms with Crippen molar-refractivity contribution in [2.45, 2.75) is 76.1 Å². The lowest BCUT2D eigenvalue weighted by atomic mass is 10.0. The van der Waals surface area contributed by atoms with Crippen LogP contribution in [0.5, 0.6) is 0 Å². The minimum atomic E-state index is -0.569.